The molecule has 3 saturated heterocycles. The summed E-state index contributed by atoms with van der Waals surface area (Å²) < 4.78 is 11.3. The number of likely N-dealkylation sites (tertiary alicyclic amines) is 2. The number of hydrogen-bond acceptors (Lipinski definition) is 4. The smallest absolute Gasteiger partial charge is 0.193 e. The molecule has 0 spiro atoms. The molecule has 3 fully saturated rings. The summed E-state index contributed by atoms with van der Waals surface area (Å²) in [6.45, 7) is 13.6. The Bertz CT molecular complexity index is 440. The van der Waals surface area contributed by atoms with Gasteiger partial charge in [0.1, 0.15) is 0 Å². The van der Waals surface area contributed by atoms with Crippen LogP contribution in [0.4, 0.5) is 0 Å². The zero-order valence-corrected chi connectivity index (χ0v) is 20.1. The molecule has 7 heteroatoms. The Morgan fingerprint density at radius 1 is 1.11 bits per heavy atom. The molecule has 0 bridgehead atoms. The maximum absolute atomic E-state index is 5.87. The molecular weight excluding hydrogens is 467 g/mol. The van der Waals surface area contributed by atoms with Crippen molar-refractivity contribution in [3.8, 4) is 0 Å². The van der Waals surface area contributed by atoms with Gasteiger partial charge in [0.05, 0.1) is 0 Å². The van der Waals surface area contributed by atoms with Gasteiger partial charge in [0.2, 0.25) is 0 Å². The van der Waals surface area contributed by atoms with Gasteiger partial charge in [0, 0.05) is 59.2 Å². The molecule has 3 heterocycles. The summed E-state index contributed by atoms with van der Waals surface area (Å²) in [5, 5.41) is 3.49. The Kier molecular flexibility index (Phi) is 12.1. The molecule has 0 radical (unpaired) electrons. The summed E-state index contributed by atoms with van der Waals surface area (Å²) >= 11 is 0. The molecule has 1 atom stereocenters. The number of ether oxygens (including phenoxy) is 2. The van der Waals surface area contributed by atoms with Crippen molar-refractivity contribution in [2.24, 2.45) is 16.8 Å². The zero-order valence-electron chi connectivity index (χ0n) is 17.7. The molecule has 0 aromatic rings. The van der Waals surface area contributed by atoms with Crippen LogP contribution >= 0.6 is 24.0 Å². The van der Waals surface area contributed by atoms with E-state index in [1.807, 2.05) is 0 Å². The van der Waals surface area contributed by atoms with Crippen molar-refractivity contribution in [1.82, 2.24) is 15.1 Å². The van der Waals surface area contributed by atoms with E-state index < -0.39 is 0 Å². The van der Waals surface area contributed by atoms with Crippen molar-refractivity contribution >= 4 is 29.9 Å². The second-order valence-electron chi connectivity index (χ2n) is 8.33. The first kappa shape index (κ1) is 24.2. The largest absolute Gasteiger partial charge is 0.381 e. The van der Waals surface area contributed by atoms with Gasteiger partial charge < -0.3 is 24.6 Å². The lowest BCUT2D eigenvalue weighted by atomic mass is 10.0. The molecule has 164 valence electrons. The minimum atomic E-state index is 0. The fourth-order valence-electron chi connectivity index (χ4n) is 4.44. The third-order valence-corrected chi connectivity index (χ3v) is 6.04. The van der Waals surface area contributed by atoms with Gasteiger partial charge in [-0.05, 0) is 70.4 Å². The minimum absolute atomic E-state index is 0. The quantitative estimate of drug-likeness (QED) is 0.225. The summed E-state index contributed by atoms with van der Waals surface area (Å²) in [6, 6.07) is 0. The number of rotatable bonds is 9. The second-order valence-corrected chi connectivity index (χ2v) is 8.33. The van der Waals surface area contributed by atoms with Crippen LogP contribution in [0.1, 0.15) is 45.4 Å². The average Bonchev–Trinajstić information content (AvgIpc) is 3.37. The highest BCUT2D eigenvalue weighted by molar-refractivity contribution is 14.0. The fraction of sp³-hybridized carbons (Fsp3) is 0.952. The molecule has 6 nitrogen and oxygen atoms in total. The molecule has 3 rings (SSSR count). The fourth-order valence-corrected chi connectivity index (χ4v) is 4.44. The van der Waals surface area contributed by atoms with E-state index in [0.717, 1.165) is 83.7 Å². The van der Waals surface area contributed by atoms with Gasteiger partial charge in [-0.2, -0.15) is 0 Å². The van der Waals surface area contributed by atoms with Crippen molar-refractivity contribution in [2.75, 3.05) is 72.2 Å². The van der Waals surface area contributed by atoms with Crippen LogP contribution in [0.2, 0.25) is 0 Å². The Labute approximate surface area is 188 Å². The lowest BCUT2D eigenvalue weighted by molar-refractivity contribution is 0.0205. The Balaban J connectivity index is 0.00000280. The van der Waals surface area contributed by atoms with E-state index in [2.05, 4.69) is 22.0 Å². The van der Waals surface area contributed by atoms with Crippen LogP contribution in [-0.2, 0) is 9.47 Å². The van der Waals surface area contributed by atoms with Gasteiger partial charge in [0.15, 0.2) is 5.96 Å². The minimum Gasteiger partial charge on any atom is -0.381 e. The lowest BCUT2D eigenvalue weighted by Gasteiger charge is -2.23. The monoisotopic (exact) mass is 508 g/mol. The first-order valence-electron chi connectivity index (χ1n) is 11.3. The topological polar surface area (TPSA) is 49.3 Å². The Morgan fingerprint density at radius 3 is 2.64 bits per heavy atom. The average molecular weight is 508 g/mol. The predicted molar refractivity (Wildman–Crippen MR) is 126 cm³/mol. The molecule has 0 amide bonds. The van der Waals surface area contributed by atoms with E-state index in [4.69, 9.17) is 14.5 Å². The Morgan fingerprint density at radius 2 is 1.89 bits per heavy atom. The van der Waals surface area contributed by atoms with E-state index >= 15 is 0 Å². The highest BCUT2D eigenvalue weighted by Crippen LogP contribution is 2.20. The third kappa shape index (κ3) is 8.32. The lowest BCUT2D eigenvalue weighted by Crippen LogP contribution is -2.40. The predicted octanol–water partition coefficient (Wildman–Crippen LogP) is 2.82. The van der Waals surface area contributed by atoms with Crippen molar-refractivity contribution in [3.63, 3.8) is 0 Å². The Hall–Kier alpha value is -0.120. The van der Waals surface area contributed by atoms with Crippen LogP contribution < -0.4 is 5.32 Å². The molecule has 3 aliphatic rings. The molecule has 0 aromatic heterocycles. The van der Waals surface area contributed by atoms with Gasteiger partial charge in [-0.1, -0.05) is 0 Å². The molecule has 28 heavy (non-hydrogen) atoms. The van der Waals surface area contributed by atoms with Crippen LogP contribution in [0.15, 0.2) is 4.99 Å². The number of guanidine groups is 1. The van der Waals surface area contributed by atoms with Crippen LogP contribution in [0.3, 0.4) is 0 Å². The molecule has 0 aromatic carbocycles. The van der Waals surface area contributed by atoms with Crippen LogP contribution in [0.5, 0.6) is 0 Å². The summed E-state index contributed by atoms with van der Waals surface area (Å²) in [7, 11) is 0. The number of hydrogen-bond donors (Lipinski definition) is 1. The third-order valence-electron chi connectivity index (χ3n) is 6.04. The summed E-state index contributed by atoms with van der Waals surface area (Å²) in [6.07, 6.45) is 7.37. The molecule has 3 aliphatic heterocycles. The van der Waals surface area contributed by atoms with E-state index in [0.29, 0.717) is 5.92 Å². The number of halogens is 1. The zero-order chi connectivity index (χ0) is 18.7. The van der Waals surface area contributed by atoms with Crippen molar-refractivity contribution in [3.05, 3.63) is 0 Å². The highest BCUT2D eigenvalue weighted by Gasteiger charge is 2.27. The van der Waals surface area contributed by atoms with Crippen LogP contribution in [0.25, 0.3) is 0 Å². The summed E-state index contributed by atoms with van der Waals surface area (Å²) in [5.74, 6) is 2.59. The maximum Gasteiger partial charge on any atom is 0.193 e. The van der Waals surface area contributed by atoms with E-state index in [9.17, 15) is 0 Å². The normalized spacial score (nSPS) is 24.5. The molecule has 0 aliphatic carbocycles. The second kappa shape index (κ2) is 14.0. The SMILES string of the molecule is CCNC(=NCCCOCC1CCOCC1)N1CCC(CN2CCCC2)C1.I. The molecule has 1 unspecified atom stereocenters. The first-order valence-corrected chi connectivity index (χ1v) is 11.3. The molecular formula is C21H41IN4O2. The van der Waals surface area contributed by atoms with Gasteiger partial charge in [-0.15, -0.1) is 24.0 Å². The molecule has 1 N–H and O–H groups in total. The van der Waals surface area contributed by atoms with Gasteiger partial charge >= 0.3 is 0 Å². The number of nitrogens with one attached hydrogen (secondary N) is 1. The summed E-state index contributed by atoms with van der Waals surface area (Å²) in [4.78, 5) is 9.98. The number of nitrogens with zero attached hydrogens (tertiary/aromatic N) is 3. The van der Waals surface area contributed by atoms with E-state index in [-0.39, 0.29) is 24.0 Å². The molecule has 0 saturated carbocycles. The standard InChI is InChI=1S/C21H40N4O2.HI/c1-2-22-21(23-9-5-13-27-18-19-7-14-26-15-8-19)25-12-6-20(17-25)16-24-10-3-4-11-24;/h19-20H,2-18H2,1H3,(H,22,23);1H. The maximum atomic E-state index is 5.87. The van der Waals surface area contributed by atoms with Crippen molar-refractivity contribution < 1.29 is 9.47 Å². The first-order chi connectivity index (χ1) is 13.3. The van der Waals surface area contributed by atoms with E-state index in [1.165, 1.54) is 38.9 Å². The summed E-state index contributed by atoms with van der Waals surface area (Å²) in [5.41, 5.74) is 0. The van der Waals surface area contributed by atoms with Gasteiger partial charge in [0.25, 0.3) is 0 Å². The van der Waals surface area contributed by atoms with Crippen molar-refractivity contribution in [2.45, 2.75) is 45.4 Å². The van der Waals surface area contributed by atoms with Crippen molar-refractivity contribution in [1.29, 1.82) is 0 Å². The highest BCUT2D eigenvalue weighted by atomic mass is 127. The number of aliphatic imine (C=N–C) groups is 1. The van der Waals surface area contributed by atoms with Gasteiger partial charge in [-0.25, -0.2) is 0 Å². The van der Waals surface area contributed by atoms with Crippen LogP contribution in [-0.4, -0.2) is 88.0 Å². The van der Waals surface area contributed by atoms with Crippen LogP contribution in [0, 0.1) is 11.8 Å². The van der Waals surface area contributed by atoms with Gasteiger partial charge in [-0.3, -0.25) is 4.99 Å². The van der Waals surface area contributed by atoms with E-state index in [1.54, 1.807) is 0 Å².